The Morgan fingerprint density at radius 1 is 1.08 bits per heavy atom. The van der Waals surface area contributed by atoms with Gasteiger partial charge in [-0.05, 0) is 22.8 Å². The van der Waals surface area contributed by atoms with Gasteiger partial charge in [0.25, 0.3) is 0 Å². The molecular weight excluding hydrogens is 296 g/mol. The highest BCUT2D eigenvalue weighted by Gasteiger charge is 2.44. The first-order valence-corrected chi connectivity index (χ1v) is 8.40. The van der Waals surface area contributed by atoms with E-state index in [2.05, 4.69) is 51.6 Å². The SMILES string of the molecule is C1=CC(C2(C3=CCN=CC3)N=CCC=C2c2cccnc2)C=NC1. The molecule has 0 N–H and O–H groups in total. The van der Waals surface area contributed by atoms with Crippen molar-refractivity contribution in [3.63, 3.8) is 0 Å². The molecule has 4 heteroatoms. The summed E-state index contributed by atoms with van der Waals surface area (Å²) >= 11 is 0. The van der Waals surface area contributed by atoms with Gasteiger partial charge in [0.2, 0.25) is 0 Å². The molecule has 0 fully saturated rings. The Labute approximate surface area is 142 Å². The summed E-state index contributed by atoms with van der Waals surface area (Å²) in [4.78, 5) is 18.3. The predicted molar refractivity (Wildman–Crippen MR) is 100 cm³/mol. The van der Waals surface area contributed by atoms with Crippen LogP contribution in [-0.4, -0.2) is 42.3 Å². The molecule has 0 aliphatic carbocycles. The summed E-state index contributed by atoms with van der Waals surface area (Å²) in [5.74, 6) is 0.118. The average Bonchev–Trinajstić information content (AvgIpc) is 2.70. The van der Waals surface area contributed by atoms with Crippen LogP contribution in [0.1, 0.15) is 18.4 Å². The molecule has 0 saturated carbocycles. The maximum absolute atomic E-state index is 5.07. The Morgan fingerprint density at radius 3 is 2.83 bits per heavy atom. The molecular formula is C20H20N4. The molecule has 1 aromatic rings. The van der Waals surface area contributed by atoms with Crippen LogP contribution in [0.4, 0.5) is 0 Å². The molecule has 0 aromatic carbocycles. The van der Waals surface area contributed by atoms with Crippen molar-refractivity contribution >= 4 is 24.2 Å². The van der Waals surface area contributed by atoms with E-state index in [4.69, 9.17) is 4.99 Å². The van der Waals surface area contributed by atoms with E-state index in [1.807, 2.05) is 30.9 Å². The maximum Gasteiger partial charge on any atom is 0.118 e. The fourth-order valence-corrected chi connectivity index (χ4v) is 3.72. The average molecular weight is 316 g/mol. The summed E-state index contributed by atoms with van der Waals surface area (Å²) in [7, 11) is 0. The van der Waals surface area contributed by atoms with Gasteiger partial charge in [-0.3, -0.25) is 20.0 Å². The fourth-order valence-electron chi connectivity index (χ4n) is 3.72. The second-order valence-electron chi connectivity index (χ2n) is 6.12. The summed E-state index contributed by atoms with van der Waals surface area (Å²) in [5.41, 5.74) is 3.22. The minimum absolute atomic E-state index is 0.118. The smallest absolute Gasteiger partial charge is 0.118 e. The van der Waals surface area contributed by atoms with Gasteiger partial charge in [-0.25, -0.2) is 0 Å². The fraction of sp³-hybridized carbons (Fsp3) is 0.300. The number of hydrogen-bond acceptors (Lipinski definition) is 4. The van der Waals surface area contributed by atoms with Crippen LogP contribution in [0.25, 0.3) is 5.57 Å². The zero-order valence-corrected chi connectivity index (χ0v) is 13.5. The lowest BCUT2D eigenvalue weighted by Crippen LogP contribution is -2.42. The van der Waals surface area contributed by atoms with Crippen molar-refractivity contribution in [2.75, 3.05) is 13.1 Å². The number of aliphatic imine (C=N–C) groups is 3. The Kier molecular flexibility index (Phi) is 4.03. The number of dihydropyridines is 3. The molecule has 2 unspecified atom stereocenters. The van der Waals surface area contributed by atoms with Crippen molar-refractivity contribution in [3.05, 3.63) is 60.0 Å². The number of aromatic nitrogens is 1. The second kappa shape index (κ2) is 6.48. The molecule has 0 amide bonds. The Hall–Kier alpha value is -2.62. The van der Waals surface area contributed by atoms with Gasteiger partial charge in [0, 0.05) is 49.8 Å². The van der Waals surface area contributed by atoms with Crippen molar-refractivity contribution in [2.45, 2.75) is 18.4 Å². The molecule has 4 rings (SSSR count). The van der Waals surface area contributed by atoms with E-state index in [9.17, 15) is 0 Å². The molecule has 1 aromatic heterocycles. The van der Waals surface area contributed by atoms with Crippen molar-refractivity contribution in [2.24, 2.45) is 20.9 Å². The quantitative estimate of drug-likeness (QED) is 0.789. The molecule has 120 valence electrons. The van der Waals surface area contributed by atoms with Crippen molar-refractivity contribution in [3.8, 4) is 0 Å². The monoisotopic (exact) mass is 316 g/mol. The molecule has 2 atom stereocenters. The van der Waals surface area contributed by atoms with Gasteiger partial charge in [0.1, 0.15) is 5.54 Å². The molecule has 0 radical (unpaired) electrons. The highest BCUT2D eigenvalue weighted by atomic mass is 14.9. The van der Waals surface area contributed by atoms with Crippen LogP contribution in [0, 0.1) is 5.92 Å². The van der Waals surface area contributed by atoms with Gasteiger partial charge < -0.3 is 0 Å². The van der Waals surface area contributed by atoms with Gasteiger partial charge in [0.15, 0.2) is 0 Å². The predicted octanol–water partition coefficient (Wildman–Crippen LogP) is 3.34. The third-order valence-electron chi connectivity index (χ3n) is 4.78. The van der Waals surface area contributed by atoms with E-state index >= 15 is 0 Å². The summed E-state index contributed by atoms with van der Waals surface area (Å²) in [6, 6.07) is 4.11. The van der Waals surface area contributed by atoms with E-state index in [0.717, 1.165) is 31.5 Å². The largest absolute Gasteiger partial charge is 0.293 e. The topological polar surface area (TPSA) is 50.0 Å². The van der Waals surface area contributed by atoms with Gasteiger partial charge in [-0.2, -0.15) is 0 Å². The Morgan fingerprint density at radius 2 is 2.08 bits per heavy atom. The highest BCUT2D eigenvalue weighted by Crippen LogP contribution is 2.46. The first-order chi connectivity index (χ1) is 11.9. The highest BCUT2D eigenvalue weighted by molar-refractivity contribution is 5.90. The second-order valence-corrected chi connectivity index (χ2v) is 6.12. The Balaban J connectivity index is 1.89. The van der Waals surface area contributed by atoms with Gasteiger partial charge >= 0.3 is 0 Å². The number of rotatable bonds is 3. The number of pyridine rings is 1. The van der Waals surface area contributed by atoms with Gasteiger partial charge in [0.05, 0.1) is 13.1 Å². The maximum atomic E-state index is 5.07. The molecule has 0 bridgehead atoms. The van der Waals surface area contributed by atoms with Crippen LogP contribution in [0.15, 0.2) is 69.4 Å². The number of hydrogen-bond donors (Lipinski definition) is 0. The first kappa shape index (κ1) is 14.9. The van der Waals surface area contributed by atoms with Crippen LogP contribution >= 0.6 is 0 Å². The standard InChI is InChI=1S/C20H20N4/c1-4-16(14-22-9-1)19-6-3-11-24-20(19,17-7-12-21-13-8-17)18-5-2-10-23-15-18/h1-2,4-7,9,11,13-15,18H,3,8,10,12H2. The lowest BCUT2D eigenvalue weighted by molar-refractivity contribution is 0.559. The summed E-state index contributed by atoms with van der Waals surface area (Å²) in [5, 5.41) is 0. The van der Waals surface area contributed by atoms with E-state index in [0.29, 0.717) is 0 Å². The van der Waals surface area contributed by atoms with Crippen LogP contribution in [0.3, 0.4) is 0 Å². The third kappa shape index (κ3) is 2.48. The van der Waals surface area contributed by atoms with Crippen molar-refractivity contribution in [1.82, 2.24) is 4.98 Å². The van der Waals surface area contributed by atoms with E-state index < -0.39 is 5.54 Å². The lowest BCUT2D eigenvalue weighted by atomic mass is 9.68. The van der Waals surface area contributed by atoms with E-state index in [1.165, 1.54) is 11.1 Å². The molecule has 0 spiro atoms. The molecule has 0 saturated heterocycles. The van der Waals surface area contributed by atoms with Gasteiger partial charge in [-0.1, -0.05) is 30.4 Å². The molecule has 4 nitrogen and oxygen atoms in total. The zero-order valence-electron chi connectivity index (χ0n) is 13.5. The molecule has 24 heavy (non-hydrogen) atoms. The van der Waals surface area contributed by atoms with Gasteiger partial charge in [-0.15, -0.1) is 0 Å². The lowest BCUT2D eigenvalue weighted by Gasteiger charge is -2.41. The molecule has 3 aliphatic rings. The van der Waals surface area contributed by atoms with Crippen molar-refractivity contribution < 1.29 is 0 Å². The van der Waals surface area contributed by atoms with Crippen LogP contribution in [0.5, 0.6) is 0 Å². The number of allylic oxidation sites excluding steroid dienone is 1. The van der Waals surface area contributed by atoms with Crippen LogP contribution in [-0.2, 0) is 0 Å². The van der Waals surface area contributed by atoms with Crippen LogP contribution < -0.4 is 0 Å². The third-order valence-corrected chi connectivity index (χ3v) is 4.78. The molecule has 3 aliphatic heterocycles. The minimum Gasteiger partial charge on any atom is -0.293 e. The normalized spacial score (nSPS) is 28.6. The summed E-state index contributed by atoms with van der Waals surface area (Å²) in [6.07, 6.45) is 20.4. The minimum atomic E-state index is -0.436. The molecule has 4 heterocycles. The van der Waals surface area contributed by atoms with Crippen LogP contribution in [0.2, 0.25) is 0 Å². The first-order valence-electron chi connectivity index (χ1n) is 8.40. The van der Waals surface area contributed by atoms with E-state index in [1.54, 1.807) is 0 Å². The van der Waals surface area contributed by atoms with Crippen molar-refractivity contribution in [1.29, 1.82) is 0 Å². The number of nitrogens with zero attached hydrogens (tertiary/aromatic N) is 4. The summed E-state index contributed by atoms with van der Waals surface area (Å²) in [6.45, 7) is 1.48. The zero-order chi connectivity index (χ0) is 16.2. The Bertz CT molecular complexity index is 771. The summed E-state index contributed by atoms with van der Waals surface area (Å²) < 4.78 is 0. The van der Waals surface area contributed by atoms with E-state index in [-0.39, 0.29) is 5.92 Å².